The Kier molecular flexibility index (Phi) is 5.95. The summed E-state index contributed by atoms with van der Waals surface area (Å²) in [6.07, 6.45) is 5.54. The Balaban J connectivity index is 1.18. The zero-order valence-electron chi connectivity index (χ0n) is 18.6. The molecule has 0 aliphatic carbocycles. The topological polar surface area (TPSA) is 80.6 Å². The minimum absolute atomic E-state index is 0.0663. The molecular formula is C24H31N5O3. The van der Waals surface area contributed by atoms with E-state index >= 15 is 0 Å². The first kappa shape index (κ1) is 21.1. The predicted octanol–water partition coefficient (Wildman–Crippen LogP) is 2.07. The van der Waals surface area contributed by atoms with Crippen LogP contribution in [0.1, 0.15) is 25.7 Å². The highest BCUT2D eigenvalue weighted by atomic mass is 16.5. The molecule has 1 aromatic heterocycles. The summed E-state index contributed by atoms with van der Waals surface area (Å²) in [5, 5.41) is 8.70. The van der Waals surface area contributed by atoms with E-state index in [1.807, 2.05) is 46.1 Å². The molecule has 2 aromatic rings. The van der Waals surface area contributed by atoms with Crippen molar-refractivity contribution in [3.8, 4) is 11.3 Å². The number of aromatic nitrogens is 3. The fourth-order valence-electron chi connectivity index (χ4n) is 5.69. The molecule has 1 unspecified atom stereocenters. The van der Waals surface area contributed by atoms with E-state index in [4.69, 9.17) is 4.74 Å². The van der Waals surface area contributed by atoms with Crippen LogP contribution in [-0.4, -0.2) is 76.0 Å². The van der Waals surface area contributed by atoms with Crippen LogP contribution < -0.4 is 0 Å². The molecular weight excluding hydrogens is 406 g/mol. The van der Waals surface area contributed by atoms with Crippen molar-refractivity contribution in [1.82, 2.24) is 24.8 Å². The molecule has 0 N–H and O–H groups in total. The molecule has 8 nitrogen and oxygen atoms in total. The highest BCUT2D eigenvalue weighted by Gasteiger charge is 2.45. The second-order valence-electron chi connectivity index (χ2n) is 9.35. The van der Waals surface area contributed by atoms with E-state index in [1.54, 1.807) is 0 Å². The number of likely N-dealkylation sites (tertiary alicyclic amines) is 1. The van der Waals surface area contributed by atoms with Crippen molar-refractivity contribution in [3.05, 3.63) is 36.5 Å². The maximum Gasteiger partial charge on any atom is 0.308 e. The van der Waals surface area contributed by atoms with Crippen molar-refractivity contribution in [2.45, 2.75) is 38.3 Å². The van der Waals surface area contributed by atoms with Crippen LogP contribution in [0.15, 0.2) is 36.5 Å². The molecule has 4 atom stereocenters. The van der Waals surface area contributed by atoms with Crippen molar-refractivity contribution in [2.75, 3.05) is 33.3 Å². The Morgan fingerprint density at radius 1 is 1.09 bits per heavy atom. The Bertz CT molecular complexity index is 954. The molecule has 6 rings (SSSR count). The summed E-state index contributed by atoms with van der Waals surface area (Å²) in [6.45, 7) is 4.00. The molecule has 1 amide bonds. The monoisotopic (exact) mass is 437 g/mol. The Morgan fingerprint density at radius 2 is 1.88 bits per heavy atom. The fraction of sp³-hybridized carbons (Fsp3) is 0.583. The summed E-state index contributed by atoms with van der Waals surface area (Å²) in [7, 11) is 1.44. The number of hydrogen-bond acceptors (Lipinski definition) is 6. The highest BCUT2D eigenvalue weighted by molar-refractivity contribution is 5.80. The lowest BCUT2D eigenvalue weighted by Gasteiger charge is -2.50. The zero-order valence-corrected chi connectivity index (χ0v) is 18.6. The van der Waals surface area contributed by atoms with Gasteiger partial charge in [-0.2, -0.15) is 0 Å². The second-order valence-corrected chi connectivity index (χ2v) is 9.35. The van der Waals surface area contributed by atoms with E-state index < -0.39 is 0 Å². The average molecular weight is 438 g/mol. The molecule has 2 bridgehead atoms. The van der Waals surface area contributed by atoms with Crippen molar-refractivity contribution >= 4 is 11.9 Å². The summed E-state index contributed by atoms with van der Waals surface area (Å²) in [5.41, 5.74) is 1.97. The van der Waals surface area contributed by atoms with Gasteiger partial charge in [-0.1, -0.05) is 35.5 Å². The number of methoxy groups -OCH3 is 1. The number of benzene rings is 1. The summed E-state index contributed by atoms with van der Waals surface area (Å²) in [5.74, 6) is 0.557. The number of carbonyl (C=O) groups is 2. The van der Waals surface area contributed by atoms with E-state index in [2.05, 4.69) is 15.2 Å². The number of fused-ring (bicyclic) bond motifs is 3. The van der Waals surface area contributed by atoms with Crippen LogP contribution in [0.2, 0.25) is 0 Å². The molecule has 1 aromatic carbocycles. The first-order chi connectivity index (χ1) is 15.6. The van der Waals surface area contributed by atoms with Gasteiger partial charge in [-0.25, -0.2) is 0 Å². The first-order valence-corrected chi connectivity index (χ1v) is 11.7. The molecule has 4 fully saturated rings. The lowest BCUT2D eigenvalue weighted by molar-refractivity contribution is -0.152. The smallest absolute Gasteiger partial charge is 0.308 e. The van der Waals surface area contributed by atoms with Gasteiger partial charge in [0.1, 0.15) is 5.69 Å². The standard InChI is InChI=1S/C24H31N5O3/c1-32-24(31)18-7-10-27(11-8-18)23(30)21-15-28-12-9-19(21)13-20(28)14-29-16-22(25-26-29)17-5-3-2-4-6-17/h2-6,16,18-21H,7-15H2,1H3/t19-,20+,21-/m0/s1. The maximum atomic E-state index is 13.3. The molecule has 170 valence electrons. The first-order valence-electron chi connectivity index (χ1n) is 11.7. The maximum absolute atomic E-state index is 13.3. The van der Waals surface area contributed by atoms with Crippen LogP contribution in [-0.2, 0) is 20.9 Å². The van der Waals surface area contributed by atoms with Gasteiger partial charge in [0.25, 0.3) is 0 Å². The molecule has 32 heavy (non-hydrogen) atoms. The van der Waals surface area contributed by atoms with Gasteiger partial charge in [-0.3, -0.25) is 19.2 Å². The Labute approximate surface area is 188 Å². The van der Waals surface area contributed by atoms with E-state index in [0.29, 0.717) is 37.9 Å². The van der Waals surface area contributed by atoms with Crippen LogP contribution in [0.25, 0.3) is 11.3 Å². The Morgan fingerprint density at radius 3 is 2.56 bits per heavy atom. The summed E-state index contributed by atoms with van der Waals surface area (Å²) >= 11 is 0. The normalized spacial score (nSPS) is 28.0. The lowest BCUT2D eigenvalue weighted by atomic mass is 9.74. The summed E-state index contributed by atoms with van der Waals surface area (Å²) in [4.78, 5) is 29.5. The van der Waals surface area contributed by atoms with E-state index in [1.165, 1.54) is 7.11 Å². The molecule has 4 aliphatic heterocycles. The van der Waals surface area contributed by atoms with Crippen molar-refractivity contribution in [1.29, 1.82) is 0 Å². The van der Waals surface area contributed by atoms with Crippen LogP contribution in [0.4, 0.5) is 0 Å². The quantitative estimate of drug-likeness (QED) is 0.666. The Hall–Kier alpha value is -2.74. The van der Waals surface area contributed by atoms with E-state index in [-0.39, 0.29) is 23.7 Å². The molecule has 0 saturated carbocycles. The van der Waals surface area contributed by atoms with Crippen molar-refractivity contribution < 1.29 is 14.3 Å². The van der Waals surface area contributed by atoms with Gasteiger partial charge in [0.15, 0.2) is 0 Å². The molecule has 8 heteroatoms. The minimum atomic E-state index is -0.147. The third-order valence-electron chi connectivity index (χ3n) is 7.54. The van der Waals surface area contributed by atoms with Crippen LogP contribution in [0.5, 0.6) is 0 Å². The van der Waals surface area contributed by atoms with Gasteiger partial charge >= 0.3 is 5.97 Å². The van der Waals surface area contributed by atoms with Gasteiger partial charge in [0.05, 0.1) is 31.7 Å². The SMILES string of the molecule is COC(=O)C1CCN(C(=O)[C@H]2CN3CC[C@H]2C[C@@H]3Cn2cc(-c3ccccc3)nn2)CC1. The minimum Gasteiger partial charge on any atom is -0.469 e. The van der Waals surface area contributed by atoms with Gasteiger partial charge < -0.3 is 9.64 Å². The molecule has 4 aliphatic rings. The van der Waals surface area contributed by atoms with Gasteiger partial charge in [-0.05, 0) is 38.1 Å². The van der Waals surface area contributed by atoms with E-state index in [9.17, 15) is 9.59 Å². The molecule has 5 heterocycles. The largest absolute Gasteiger partial charge is 0.469 e. The number of rotatable bonds is 5. The second kappa shape index (κ2) is 9.02. The predicted molar refractivity (Wildman–Crippen MR) is 118 cm³/mol. The number of esters is 1. The van der Waals surface area contributed by atoms with Crippen LogP contribution in [0, 0.1) is 17.8 Å². The van der Waals surface area contributed by atoms with Crippen LogP contribution in [0.3, 0.4) is 0 Å². The number of amides is 1. The highest BCUT2D eigenvalue weighted by Crippen LogP contribution is 2.38. The molecule has 0 spiro atoms. The third kappa shape index (κ3) is 4.16. The summed E-state index contributed by atoms with van der Waals surface area (Å²) < 4.78 is 6.82. The number of ether oxygens (including phenoxy) is 1. The van der Waals surface area contributed by atoms with Crippen molar-refractivity contribution in [2.24, 2.45) is 17.8 Å². The molecule has 0 radical (unpaired) electrons. The van der Waals surface area contributed by atoms with Gasteiger partial charge in [0.2, 0.25) is 5.91 Å². The van der Waals surface area contributed by atoms with E-state index in [0.717, 1.165) is 43.7 Å². The van der Waals surface area contributed by atoms with Crippen molar-refractivity contribution in [3.63, 3.8) is 0 Å². The summed E-state index contributed by atoms with van der Waals surface area (Å²) in [6, 6.07) is 10.5. The van der Waals surface area contributed by atoms with Crippen LogP contribution >= 0.6 is 0 Å². The van der Waals surface area contributed by atoms with Gasteiger partial charge in [-0.15, -0.1) is 5.10 Å². The fourth-order valence-corrected chi connectivity index (χ4v) is 5.69. The molecule has 4 saturated heterocycles. The average Bonchev–Trinajstić information content (AvgIpc) is 3.32. The third-order valence-corrected chi connectivity index (χ3v) is 7.54. The number of nitrogens with zero attached hydrogens (tertiary/aromatic N) is 5. The number of carbonyl (C=O) groups excluding carboxylic acids is 2. The zero-order chi connectivity index (χ0) is 22.1. The van der Waals surface area contributed by atoms with Gasteiger partial charge in [0, 0.05) is 31.2 Å². The number of hydrogen-bond donors (Lipinski definition) is 0. The number of piperidine rings is 4. The lowest BCUT2D eigenvalue weighted by Crippen LogP contribution is -2.59.